The zero-order valence-electron chi connectivity index (χ0n) is 30.4. The van der Waals surface area contributed by atoms with Gasteiger partial charge in [0.2, 0.25) is 0 Å². The molecule has 8 rings (SSSR count). The predicted molar refractivity (Wildman–Crippen MR) is 182 cm³/mol. The van der Waals surface area contributed by atoms with Gasteiger partial charge < -0.3 is 29.3 Å². The molecule has 0 radical (unpaired) electrons. The van der Waals surface area contributed by atoms with Gasteiger partial charge in [-0.15, -0.1) is 0 Å². The Morgan fingerprint density at radius 3 is 2.54 bits per heavy atom. The molecule has 8 heteroatoms. The van der Waals surface area contributed by atoms with Gasteiger partial charge in [0.05, 0.1) is 37.1 Å². The van der Waals surface area contributed by atoms with Gasteiger partial charge in [-0.05, 0) is 135 Å². The van der Waals surface area contributed by atoms with E-state index in [1.54, 1.807) is 26.1 Å². The van der Waals surface area contributed by atoms with Crippen molar-refractivity contribution in [3.05, 3.63) is 30.1 Å². The molecule has 0 bridgehead atoms. The molecule has 5 unspecified atom stereocenters. The van der Waals surface area contributed by atoms with Crippen molar-refractivity contribution in [3.63, 3.8) is 0 Å². The number of aliphatic hydroxyl groups is 2. The van der Waals surface area contributed by atoms with Gasteiger partial charge in [0.1, 0.15) is 11.8 Å². The molecule has 266 valence electrons. The highest BCUT2D eigenvalue weighted by atomic mass is 16.7. The SMILES string of the molecule is C[C@@H]1CC([C@H](O)C(C)(C)O)OC2C[C@@]3(C)[C@@H]4CCC5C(C)(C)[C@@H](OC6CN(C(=O)c7ccccn7)CCO6)CC[C@@]56C[C@@]46CC[C@]3(C)C21. The highest BCUT2D eigenvalue weighted by Gasteiger charge is 2.83. The van der Waals surface area contributed by atoms with Crippen LogP contribution in [0.1, 0.15) is 117 Å². The number of nitrogens with zero attached hydrogens (tertiary/aromatic N) is 2. The fourth-order valence-corrected chi connectivity index (χ4v) is 14.0. The first-order valence-corrected chi connectivity index (χ1v) is 19.1. The fraction of sp³-hybridized carbons (Fsp3) is 0.850. The van der Waals surface area contributed by atoms with Crippen LogP contribution in [-0.2, 0) is 14.2 Å². The van der Waals surface area contributed by atoms with Gasteiger partial charge in [-0.1, -0.05) is 40.7 Å². The van der Waals surface area contributed by atoms with E-state index in [2.05, 4.69) is 39.6 Å². The summed E-state index contributed by atoms with van der Waals surface area (Å²) in [5.74, 6) is 2.21. The second kappa shape index (κ2) is 11.0. The van der Waals surface area contributed by atoms with Crippen molar-refractivity contribution in [2.24, 2.45) is 50.7 Å². The van der Waals surface area contributed by atoms with Gasteiger partial charge in [-0.2, -0.15) is 0 Å². The lowest BCUT2D eigenvalue weighted by Crippen LogP contribution is -2.59. The molecular formula is C40H60N2O6. The van der Waals surface area contributed by atoms with E-state index in [4.69, 9.17) is 14.2 Å². The quantitative estimate of drug-likeness (QED) is 0.385. The third kappa shape index (κ3) is 4.57. The van der Waals surface area contributed by atoms with Crippen LogP contribution in [0, 0.1) is 50.7 Å². The second-order valence-corrected chi connectivity index (χ2v) is 19.0. The third-order valence-electron chi connectivity index (χ3n) is 16.2. The molecule has 7 aliphatic rings. The van der Waals surface area contributed by atoms with Crippen LogP contribution in [0.5, 0.6) is 0 Å². The average Bonchev–Trinajstić information content (AvgIpc) is 3.64. The van der Waals surface area contributed by atoms with Crippen molar-refractivity contribution < 1.29 is 29.2 Å². The Morgan fingerprint density at radius 1 is 1.06 bits per heavy atom. The molecule has 1 aromatic rings. The highest BCUT2D eigenvalue weighted by Crippen LogP contribution is 2.89. The third-order valence-corrected chi connectivity index (χ3v) is 16.2. The summed E-state index contributed by atoms with van der Waals surface area (Å²) < 4.78 is 19.8. The number of carbonyl (C=O) groups excluding carboxylic acids is 1. The number of ether oxygens (including phenoxy) is 3. The molecule has 3 heterocycles. The van der Waals surface area contributed by atoms with E-state index < -0.39 is 18.0 Å². The lowest BCUT2D eigenvalue weighted by molar-refractivity contribution is -0.244. The van der Waals surface area contributed by atoms with Gasteiger partial charge in [0.15, 0.2) is 6.29 Å². The predicted octanol–water partition coefficient (Wildman–Crippen LogP) is 6.24. The van der Waals surface area contributed by atoms with Crippen LogP contribution in [-0.4, -0.2) is 82.0 Å². The minimum absolute atomic E-state index is 0.0206. The normalized spacial score (nSPS) is 48.3. The topological polar surface area (TPSA) is 101 Å². The summed E-state index contributed by atoms with van der Waals surface area (Å²) in [5, 5.41) is 21.7. The Balaban J connectivity index is 0.986. The minimum Gasteiger partial charge on any atom is -0.388 e. The van der Waals surface area contributed by atoms with Gasteiger partial charge in [-0.3, -0.25) is 9.78 Å². The number of carbonyl (C=O) groups is 1. The number of fused-ring (bicyclic) bond motifs is 4. The van der Waals surface area contributed by atoms with Gasteiger partial charge in [0.25, 0.3) is 5.91 Å². The number of morpholine rings is 1. The van der Waals surface area contributed by atoms with E-state index in [0.29, 0.717) is 59.9 Å². The van der Waals surface area contributed by atoms with Crippen LogP contribution in [0.2, 0.25) is 0 Å². The monoisotopic (exact) mass is 664 g/mol. The molecule has 2 spiro atoms. The molecule has 2 saturated heterocycles. The lowest BCUT2D eigenvalue weighted by atomic mass is 9.41. The Morgan fingerprint density at radius 2 is 1.81 bits per heavy atom. The summed E-state index contributed by atoms with van der Waals surface area (Å²) in [4.78, 5) is 19.3. The van der Waals surface area contributed by atoms with Crippen LogP contribution in [0.4, 0.5) is 0 Å². The first kappa shape index (κ1) is 33.6. The van der Waals surface area contributed by atoms with E-state index in [1.807, 2.05) is 17.0 Å². The van der Waals surface area contributed by atoms with Crippen molar-refractivity contribution in [2.75, 3.05) is 19.7 Å². The maximum absolute atomic E-state index is 13.2. The standard InChI is InChI=1S/C40H60N2O6/c1-24-20-26(33(43)36(4,5)45)47-27-21-38(7)29-12-11-28-35(2,3)30(13-14-39(28)23-40(29,39)16-15-37(38,6)32(24)27)48-31-22-42(18-19-46-31)34(44)25-10-8-9-17-41-25/h8-10,17,24,26-33,43,45H,11-16,18-23H2,1-7H3/t24-,26?,27?,28?,29+,30+,31?,32?,33+,37-,38+,39-,40+/m1/s1. The summed E-state index contributed by atoms with van der Waals surface area (Å²) >= 11 is 0. The maximum atomic E-state index is 13.2. The van der Waals surface area contributed by atoms with Crippen LogP contribution in [0.15, 0.2) is 24.4 Å². The van der Waals surface area contributed by atoms with Crippen molar-refractivity contribution in [3.8, 4) is 0 Å². The van der Waals surface area contributed by atoms with Crippen molar-refractivity contribution >= 4 is 5.91 Å². The lowest BCUT2D eigenvalue weighted by Gasteiger charge is -2.63. The molecule has 1 aromatic heterocycles. The van der Waals surface area contributed by atoms with E-state index in [9.17, 15) is 15.0 Å². The van der Waals surface area contributed by atoms with Crippen LogP contribution in [0.3, 0.4) is 0 Å². The number of rotatable bonds is 5. The van der Waals surface area contributed by atoms with E-state index in [-0.39, 0.29) is 40.5 Å². The Hall–Kier alpha value is -1.58. The van der Waals surface area contributed by atoms with Gasteiger partial charge in [0, 0.05) is 12.7 Å². The Labute approximate surface area is 287 Å². The summed E-state index contributed by atoms with van der Waals surface area (Å²) in [6, 6.07) is 5.47. The van der Waals surface area contributed by atoms with Crippen LogP contribution < -0.4 is 0 Å². The molecular weight excluding hydrogens is 604 g/mol. The molecule has 0 aromatic carbocycles. The molecule has 7 fully saturated rings. The summed E-state index contributed by atoms with van der Waals surface area (Å²) in [7, 11) is 0. The minimum atomic E-state index is -1.17. The van der Waals surface area contributed by atoms with E-state index in [0.717, 1.165) is 19.3 Å². The van der Waals surface area contributed by atoms with Crippen molar-refractivity contribution in [1.82, 2.24) is 9.88 Å². The number of hydrogen-bond donors (Lipinski definition) is 2. The van der Waals surface area contributed by atoms with E-state index >= 15 is 0 Å². The second-order valence-electron chi connectivity index (χ2n) is 19.0. The van der Waals surface area contributed by atoms with E-state index in [1.165, 1.54) is 38.5 Å². The van der Waals surface area contributed by atoms with Crippen LogP contribution in [0.25, 0.3) is 0 Å². The van der Waals surface area contributed by atoms with Gasteiger partial charge >= 0.3 is 0 Å². The Bertz CT molecular complexity index is 1410. The first-order valence-electron chi connectivity index (χ1n) is 19.1. The average molecular weight is 665 g/mol. The summed E-state index contributed by atoms with van der Waals surface area (Å²) in [6.45, 7) is 17.4. The molecule has 2 N–H and O–H groups in total. The molecule has 1 amide bonds. The molecule has 48 heavy (non-hydrogen) atoms. The van der Waals surface area contributed by atoms with Crippen LogP contribution >= 0.6 is 0 Å². The molecule has 2 aliphatic heterocycles. The molecule has 5 aliphatic carbocycles. The molecule has 8 nitrogen and oxygen atoms in total. The zero-order valence-corrected chi connectivity index (χ0v) is 30.4. The fourth-order valence-electron chi connectivity index (χ4n) is 14.0. The largest absolute Gasteiger partial charge is 0.388 e. The molecule has 13 atom stereocenters. The van der Waals surface area contributed by atoms with Crippen molar-refractivity contribution in [1.29, 1.82) is 0 Å². The molecule has 5 saturated carbocycles. The highest BCUT2D eigenvalue weighted by molar-refractivity contribution is 5.92. The summed E-state index contributed by atoms with van der Waals surface area (Å²) in [5.41, 5.74) is 0.539. The number of aliphatic hydroxyl groups excluding tert-OH is 1. The zero-order chi connectivity index (χ0) is 34.1. The Kier molecular flexibility index (Phi) is 7.66. The first-order chi connectivity index (χ1) is 22.6. The van der Waals surface area contributed by atoms with Gasteiger partial charge in [-0.25, -0.2) is 0 Å². The van der Waals surface area contributed by atoms with Crippen molar-refractivity contribution in [2.45, 2.75) is 143 Å². The summed E-state index contributed by atoms with van der Waals surface area (Å²) in [6.07, 6.45) is 10.9. The maximum Gasteiger partial charge on any atom is 0.272 e. The number of hydrogen-bond acceptors (Lipinski definition) is 7. The number of amides is 1. The number of aromatic nitrogens is 1. The number of pyridine rings is 1. The smallest absolute Gasteiger partial charge is 0.272 e.